The molecular weight excluding hydrogens is 245 g/mol. The molecule has 1 amide bonds. The van der Waals surface area contributed by atoms with Crippen LogP contribution in [0.5, 0.6) is 0 Å². The molecule has 1 rings (SSSR count). The van der Waals surface area contributed by atoms with Gasteiger partial charge in [-0.1, -0.05) is 12.1 Å². The Hall–Kier alpha value is -1.46. The van der Waals surface area contributed by atoms with Crippen molar-refractivity contribution in [3.8, 4) is 0 Å². The van der Waals surface area contributed by atoms with Crippen molar-refractivity contribution < 1.29 is 9.18 Å². The largest absolute Gasteiger partial charge is 0.368 e. The van der Waals surface area contributed by atoms with Gasteiger partial charge in [-0.2, -0.15) is 0 Å². The summed E-state index contributed by atoms with van der Waals surface area (Å²) in [5, 5.41) is 3.16. The minimum absolute atomic E-state index is 0.308. The van der Waals surface area contributed by atoms with E-state index in [1.165, 1.54) is 12.1 Å². The highest BCUT2D eigenvalue weighted by molar-refractivity contribution is 5.84. The van der Waals surface area contributed by atoms with Crippen molar-refractivity contribution in [3.63, 3.8) is 0 Å². The number of nitrogens with zero attached hydrogens (tertiary/aromatic N) is 1. The van der Waals surface area contributed by atoms with Gasteiger partial charge in [-0.3, -0.25) is 4.79 Å². The van der Waals surface area contributed by atoms with Crippen molar-refractivity contribution in [2.24, 2.45) is 5.73 Å². The van der Waals surface area contributed by atoms with Gasteiger partial charge in [0.25, 0.3) is 0 Å². The van der Waals surface area contributed by atoms with Gasteiger partial charge in [0, 0.05) is 13.1 Å². The number of benzene rings is 1. The molecule has 5 heteroatoms. The minimum atomic E-state index is -0.871. The molecule has 0 saturated heterocycles. The number of nitrogens with one attached hydrogen (secondary N) is 1. The summed E-state index contributed by atoms with van der Waals surface area (Å²) >= 11 is 0. The Morgan fingerprint density at radius 2 is 2.16 bits per heavy atom. The van der Waals surface area contributed by atoms with Gasteiger partial charge in [0.15, 0.2) is 0 Å². The summed E-state index contributed by atoms with van der Waals surface area (Å²) in [7, 11) is 3.91. The lowest BCUT2D eigenvalue weighted by Crippen LogP contribution is -2.56. The number of rotatable bonds is 7. The number of halogens is 1. The summed E-state index contributed by atoms with van der Waals surface area (Å²) in [5.74, 6) is -0.742. The van der Waals surface area contributed by atoms with E-state index < -0.39 is 11.4 Å². The molecule has 1 aromatic carbocycles. The molecule has 1 aromatic rings. The van der Waals surface area contributed by atoms with Crippen LogP contribution < -0.4 is 11.1 Å². The number of hydrogen-bond acceptors (Lipinski definition) is 3. The van der Waals surface area contributed by atoms with E-state index in [-0.39, 0.29) is 5.82 Å². The monoisotopic (exact) mass is 267 g/mol. The summed E-state index contributed by atoms with van der Waals surface area (Å²) in [6.07, 6.45) is 0.369. The number of carbonyl (C=O) groups is 1. The molecule has 0 radical (unpaired) electrons. The molecule has 4 nitrogen and oxygen atoms in total. The van der Waals surface area contributed by atoms with E-state index in [0.717, 1.165) is 12.1 Å². The van der Waals surface area contributed by atoms with Crippen LogP contribution in [-0.2, 0) is 11.2 Å². The van der Waals surface area contributed by atoms with Gasteiger partial charge in [-0.15, -0.1) is 0 Å². The second-order valence-electron chi connectivity index (χ2n) is 5.23. The van der Waals surface area contributed by atoms with Gasteiger partial charge >= 0.3 is 0 Å². The summed E-state index contributed by atoms with van der Waals surface area (Å²) in [4.78, 5) is 13.6. The van der Waals surface area contributed by atoms with E-state index in [9.17, 15) is 9.18 Å². The van der Waals surface area contributed by atoms with E-state index in [2.05, 4.69) is 5.32 Å². The van der Waals surface area contributed by atoms with E-state index in [0.29, 0.717) is 13.0 Å². The van der Waals surface area contributed by atoms with Crippen molar-refractivity contribution in [2.45, 2.75) is 18.9 Å². The molecule has 0 spiro atoms. The lowest BCUT2D eigenvalue weighted by atomic mass is 9.92. The zero-order valence-electron chi connectivity index (χ0n) is 11.7. The Balaban J connectivity index is 2.73. The summed E-state index contributed by atoms with van der Waals surface area (Å²) in [6, 6.07) is 6.23. The highest BCUT2D eigenvalue weighted by atomic mass is 19.1. The van der Waals surface area contributed by atoms with Crippen molar-refractivity contribution in [2.75, 3.05) is 27.2 Å². The lowest BCUT2D eigenvalue weighted by molar-refractivity contribution is -0.123. The number of nitrogens with two attached hydrogens (primary N) is 1. The normalized spacial score (nSPS) is 14.4. The molecule has 0 aliphatic carbocycles. The molecule has 0 aromatic heterocycles. The van der Waals surface area contributed by atoms with Gasteiger partial charge in [-0.25, -0.2) is 4.39 Å². The average molecular weight is 267 g/mol. The van der Waals surface area contributed by atoms with Crippen LogP contribution >= 0.6 is 0 Å². The third kappa shape index (κ3) is 4.96. The van der Waals surface area contributed by atoms with Crippen molar-refractivity contribution >= 4 is 5.91 Å². The van der Waals surface area contributed by atoms with Crippen molar-refractivity contribution in [1.29, 1.82) is 0 Å². The number of likely N-dealkylation sites (N-methyl/N-ethyl adjacent to an activating group) is 1. The van der Waals surface area contributed by atoms with Gasteiger partial charge < -0.3 is 16.0 Å². The molecule has 0 aliphatic heterocycles. The Morgan fingerprint density at radius 1 is 1.47 bits per heavy atom. The Bertz CT molecular complexity index is 436. The first-order valence-corrected chi connectivity index (χ1v) is 6.27. The van der Waals surface area contributed by atoms with Crippen LogP contribution in [0.2, 0.25) is 0 Å². The maximum atomic E-state index is 13.2. The highest BCUT2D eigenvalue weighted by Gasteiger charge is 2.30. The van der Waals surface area contributed by atoms with Gasteiger partial charge in [0.1, 0.15) is 5.82 Å². The standard InChI is InChI=1S/C14H22FN3O/c1-14(13(16)19,17-7-8-18(2)3)10-11-5-4-6-12(15)9-11/h4-6,9,17H,7-8,10H2,1-3H3,(H2,16,19). The third-order valence-electron chi connectivity index (χ3n) is 3.06. The Labute approximate surface area is 113 Å². The molecule has 1 atom stereocenters. The smallest absolute Gasteiger partial charge is 0.237 e. The van der Waals surface area contributed by atoms with Crippen LogP contribution in [0.4, 0.5) is 4.39 Å². The van der Waals surface area contributed by atoms with Crippen molar-refractivity contribution in [1.82, 2.24) is 10.2 Å². The van der Waals surface area contributed by atoms with Crippen molar-refractivity contribution in [3.05, 3.63) is 35.6 Å². The molecule has 106 valence electrons. The predicted octanol–water partition coefficient (Wildman–Crippen LogP) is 0.763. The molecule has 1 unspecified atom stereocenters. The molecule has 0 fully saturated rings. The van der Waals surface area contributed by atoms with Crippen LogP contribution in [0, 0.1) is 5.82 Å². The fourth-order valence-corrected chi connectivity index (χ4v) is 1.85. The minimum Gasteiger partial charge on any atom is -0.368 e. The van der Waals surface area contributed by atoms with Gasteiger partial charge in [-0.05, 0) is 45.1 Å². The lowest BCUT2D eigenvalue weighted by Gasteiger charge is -2.28. The molecule has 0 aliphatic rings. The first-order chi connectivity index (χ1) is 8.83. The van der Waals surface area contributed by atoms with Crippen LogP contribution in [0.15, 0.2) is 24.3 Å². The number of primary amides is 1. The number of carbonyl (C=O) groups excluding carboxylic acids is 1. The Kier molecular flexibility index (Phi) is 5.44. The van der Waals surface area contributed by atoms with E-state index in [1.807, 2.05) is 19.0 Å². The summed E-state index contributed by atoms with van der Waals surface area (Å²) < 4.78 is 13.2. The molecule has 3 N–H and O–H groups in total. The molecule has 0 heterocycles. The summed E-state index contributed by atoms with van der Waals surface area (Å²) in [5.41, 5.74) is 5.34. The fraction of sp³-hybridized carbons (Fsp3) is 0.500. The van der Waals surface area contributed by atoms with Gasteiger partial charge in [0.2, 0.25) is 5.91 Å². The maximum Gasteiger partial charge on any atom is 0.237 e. The predicted molar refractivity (Wildman–Crippen MR) is 74.3 cm³/mol. The number of hydrogen-bond donors (Lipinski definition) is 2. The summed E-state index contributed by atoms with van der Waals surface area (Å²) in [6.45, 7) is 3.18. The SMILES string of the molecule is CN(C)CCNC(C)(Cc1cccc(F)c1)C(N)=O. The second-order valence-corrected chi connectivity index (χ2v) is 5.23. The zero-order valence-corrected chi connectivity index (χ0v) is 11.7. The van der Waals surface area contributed by atoms with Gasteiger partial charge in [0.05, 0.1) is 5.54 Å². The van der Waals surface area contributed by atoms with E-state index in [4.69, 9.17) is 5.73 Å². The Morgan fingerprint density at radius 3 is 2.68 bits per heavy atom. The first-order valence-electron chi connectivity index (χ1n) is 6.27. The molecule has 19 heavy (non-hydrogen) atoms. The van der Waals surface area contributed by atoms with E-state index in [1.54, 1.807) is 19.1 Å². The van der Waals surface area contributed by atoms with E-state index >= 15 is 0 Å². The molecule has 0 saturated carbocycles. The highest BCUT2D eigenvalue weighted by Crippen LogP contribution is 2.14. The third-order valence-corrected chi connectivity index (χ3v) is 3.06. The molecule has 0 bridgehead atoms. The van der Waals surface area contributed by atoms with Crippen LogP contribution in [0.25, 0.3) is 0 Å². The second kappa shape index (κ2) is 6.63. The quantitative estimate of drug-likeness (QED) is 0.767. The fourth-order valence-electron chi connectivity index (χ4n) is 1.85. The van der Waals surface area contributed by atoms with Crippen LogP contribution in [0.1, 0.15) is 12.5 Å². The van der Waals surface area contributed by atoms with Crippen LogP contribution in [-0.4, -0.2) is 43.5 Å². The topological polar surface area (TPSA) is 58.4 Å². The van der Waals surface area contributed by atoms with Crippen LogP contribution in [0.3, 0.4) is 0 Å². The maximum absolute atomic E-state index is 13.2. The molecular formula is C14H22FN3O. The average Bonchev–Trinajstić information content (AvgIpc) is 2.28. The first kappa shape index (κ1) is 15.6. The zero-order chi connectivity index (χ0) is 14.5. The number of amides is 1.